The number of nitrogens with zero attached hydrogens (tertiary/aromatic N) is 3. The quantitative estimate of drug-likeness (QED) is 0.543. The second kappa shape index (κ2) is 7.03. The van der Waals surface area contributed by atoms with Crippen molar-refractivity contribution in [1.82, 2.24) is 9.97 Å². The summed E-state index contributed by atoms with van der Waals surface area (Å²) in [5.74, 6) is 0.527. The Bertz CT molecular complexity index is 1180. The molecule has 8 heteroatoms. The maximum absolute atomic E-state index is 13.4. The maximum atomic E-state index is 13.4. The molecule has 4 rings (SSSR count). The number of halogens is 2. The van der Waals surface area contributed by atoms with Gasteiger partial charge < -0.3 is 0 Å². The lowest BCUT2D eigenvalue weighted by Crippen LogP contribution is -2.32. The second-order valence-corrected chi connectivity index (χ2v) is 9.35. The zero-order chi connectivity index (χ0) is 20.1. The molecule has 0 amide bonds. The normalized spacial score (nSPS) is 13.6. The highest BCUT2D eigenvalue weighted by Crippen LogP contribution is 2.40. The van der Waals surface area contributed by atoms with E-state index in [0.29, 0.717) is 39.4 Å². The molecule has 1 aliphatic heterocycles. The Balaban J connectivity index is 1.95. The van der Waals surface area contributed by atoms with Gasteiger partial charge in [-0.25, -0.2) is 18.4 Å². The van der Waals surface area contributed by atoms with Gasteiger partial charge in [0.2, 0.25) is 0 Å². The number of fused-ring (bicyclic) bond motifs is 3. The number of hydrogen-bond acceptors (Lipinski definition) is 4. The lowest BCUT2D eigenvalue weighted by atomic mass is 10.1. The molecule has 0 saturated heterocycles. The van der Waals surface area contributed by atoms with E-state index in [2.05, 4.69) is 9.97 Å². The Hall–Kier alpha value is -2.15. The minimum atomic E-state index is -3.79. The van der Waals surface area contributed by atoms with Crippen LogP contribution in [0.3, 0.4) is 0 Å². The van der Waals surface area contributed by atoms with Gasteiger partial charge in [0.05, 0.1) is 16.3 Å². The van der Waals surface area contributed by atoms with Crippen LogP contribution in [0.1, 0.15) is 17.0 Å². The number of anilines is 1. The maximum Gasteiger partial charge on any atom is 0.264 e. The Morgan fingerprint density at radius 2 is 1.71 bits per heavy atom. The van der Waals surface area contributed by atoms with Crippen molar-refractivity contribution < 1.29 is 8.42 Å². The van der Waals surface area contributed by atoms with E-state index in [9.17, 15) is 8.42 Å². The first-order valence-corrected chi connectivity index (χ1v) is 10.9. The molecule has 28 heavy (non-hydrogen) atoms. The molecular formula is C20H17Cl2N3O2S. The van der Waals surface area contributed by atoms with Gasteiger partial charge in [0.1, 0.15) is 11.0 Å². The number of benzene rings is 2. The number of aryl methyl sites for hydroxylation is 2. The van der Waals surface area contributed by atoms with E-state index < -0.39 is 10.0 Å². The summed E-state index contributed by atoms with van der Waals surface area (Å²) < 4.78 is 28.3. The Labute approximate surface area is 174 Å². The fourth-order valence-electron chi connectivity index (χ4n) is 3.34. The molecule has 0 bridgehead atoms. The van der Waals surface area contributed by atoms with E-state index >= 15 is 0 Å². The predicted octanol–water partition coefficient (Wildman–Crippen LogP) is 4.82. The third-order valence-corrected chi connectivity index (χ3v) is 7.10. The second-order valence-electron chi connectivity index (χ2n) is 6.69. The molecule has 144 valence electrons. The lowest BCUT2D eigenvalue weighted by molar-refractivity contribution is 0.591. The summed E-state index contributed by atoms with van der Waals surface area (Å²) in [5, 5.41) is 0.793. The average Bonchev–Trinajstić information content (AvgIpc) is 2.79. The van der Waals surface area contributed by atoms with E-state index in [1.807, 2.05) is 6.92 Å². The van der Waals surface area contributed by atoms with E-state index in [0.717, 1.165) is 11.1 Å². The summed E-state index contributed by atoms with van der Waals surface area (Å²) in [6.45, 7) is 3.88. The molecule has 3 aromatic rings. The van der Waals surface area contributed by atoms with Gasteiger partial charge in [0.25, 0.3) is 10.0 Å². The average molecular weight is 434 g/mol. The number of hydrogen-bond donors (Lipinski definition) is 0. The van der Waals surface area contributed by atoms with Gasteiger partial charge in [0, 0.05) is 22.7 Å². The largest absolute Gasteiger partial charge is 0.265 e. The van der Waals surface area contributed by atoms with Gasteiger partial charge in [-0.2, -0.15) is 0 Å². The highest BCUT2D eigenvalue weighted by molar-refractivity contribution is 7.92. The molecule has 0 fully saturated rings. The van der Waals surface area contributed by atoms with Crippen molar-refractivity contribution in [2.45, 2.75) is 25.2 Å². The number of rotatable bonds is 2. The fraction of sp³-hybridized carbons (Fsp3) is 0.200. The monoisotopic (exact) mass is 433 g/mol. The Kier molecular flexibility index (Phi) is 4.81. The van der Waals surface area contributed by atoms with Crippen molar-refractivity contribution in [3.05, 3.63) is 69.6 Å². The SMILES string of the molecule is Cc1ccc(S(=O)(=O)N2CCc3c(Cl)nc(C)nc3-c3ccc(Cl)cc32)cc1. The van der Waals surface area contributed by atoms with E-state index in [4.69, 9.17) is 23.2 Å². The number of aromatic nitrogens is 2. The van der Waals surface area contributed by atoms with E-state index in [1.165, 1.54) is 4.31 Å². The van der Waals surface area contributed by atoms with Crippen molar-refractivity contribution in [1.29, 1.82) is 0 Å². The molecule has 1 aliphatic rings. The summed E-state index contributed by atoms with van der Waals surface area (Å²) in [4.78, 5) is 9.01. The summed E-state index contributed by atoms with van der Waals surface area (Å²) in [7, 11) is -3.79. The van der Waals surface area contributed by atoms with Crippen LogP contribution in [0.5, 0.6) is 0 Å². The van der Waals surface area contributed by atoms with Crippen LogP contribution in [0, 0.1) is 13.8 Å². The number of sulfonamides is 1. The van der Waals surface area contributed by atoms with Crippen molar-refractivity contribution in [3.63, 3.8) is 0 Å². The molecule has 5 nitrogen and oxygen atoms in total. The molecular weight excluding hydrogens is 417 g/mol. The summed E-state index contributed by atoms with van der Waals surface area (Å²) in [6.07, 6.45) is 0.395. The van der Waals surface area contributed by atoms with Crippen LogP contribution in [0.4, 0.5) is 5.69 Å². The minimum absolute atomic E-state index is 0.211. The molecule has 0 spiro atoms. The molecule has 0 aliphatic carbocycles. The highest BCUT2D eigenvalue weighted by Gasteiger charge is 2.31. The van der Waals surface area contributed by atoms with Crippen molar-refractivity contribution in [2.75, 3.05) is 10.8 Å². The summed E-state index contributed by atoms with van der Waals surface area (Å²) >= 11 is 12.6. The highest BCUT2D eigenvalue weighted by atomic mass is 35.5. The van der Waals surface area contributed by atoms with Crippen LogP contribution < -0.4 is 4.31 Å². The lowest BCUT2D eigenvalue weighted by Gasteiger charge is -2.24. The zero-order valence-corrected chi connectivity index (χ0v) is 17.6. The topological polar surface area (TPSA) is 63.2 Å². The standard InChI is InChI=1S/C20H17Cl2N3O2S/c1-12-3-6-15(7-4-12)28(26,27)25-10-9-17-19(23-13(2)24-20(17)22)16-8-5-14(21)11-18(16)25/h3-8,11H,9-10H2,1-2H3. The third-order valence-electron chi connectivity index (χ3n) is 4.73. The first-order chi connectivity index (χ1) is 13.3. The molecule has 0 radical (unpaired) electrons. The van der Waals surface area contributed by atoms with Crippen LogP contribution in [-0.2, 0) is 16.4 Å². The first kappa shape index (κ1) is 19.2. The molecule has 2 aromatic carbocycles. The molecule has 0 N–H and O–H groups in total. The smallest absolute Gasteiger partial charge is 0.264 e. The Morgan fingerprint density at radius 3 is 2.43 bits per heavy atom. The van der Waals surface area contributed by atoms with Crippen LogP contribution >= 0.6 is 23.2 Å². The van der Waals surface area contributed by atoms with Gasteiger partial charge in [-0.1, -0.05) is 40.9 Å². The van der Waals surface area contributed by atoms with Crippen molar-refractivity contribution in [3.8, 4) is 11.3 Å². The minimum Gasteiger partial charge on any atom is -0.265 e. The molecule has 0 saturated carbocycles. The van der Waals surface area contributed by atoms with Gasteiger partial charge >= 0.3 is 0 Å². The first-order valence-electron chi connectivity index (χ1n) is 8.70. The van der Waals surface area contributed by atoms with E-state index in [-0.39, 0.29) is 11.4 Å². The van der Waals surface area contributed by atoms with Gasteiger partial charge in [-0.3, -0.25) is 4.31 Å². The molecule has 1 aromatic heterocycles. The van der Waals surface area contributed by atoms with Crippen LogP contribution in [0.25, 0.3) is 11.3 Å². The summed E-state index contributed by atoms with van der Waals surface area (Å²) in [6, 6.07) is 11.9. The van der Waals surface area contributed by atoms with Crippen molar-refractivity contribution in [2.24, 2.45) is 0 Å². The van der Waals surface area contributed by atoms with Crippen LogP contribution in [-0.4, -0.2) is 24.9 Å². The third kappa shape index (κ3) is 3.26. The Morgan fingerprint density at radius 1 is 1.00 bits per heavy atom. The predicted molar refractivity (Wildman–Crippen MR) is 112 cm³/mol. The van der Waals surface area contributed by atoms with Crippen LogP contribution in [0.15, 0.2) is 47.4 Å². The van der Waals surface area contributed by atoms with Crippen LogP contribution in [0.2, 0.25) is 10.2 Å². The van der Waals surface area contributed by atoms with Crippen molar-refractivity contribution >= 4 is 38.9 Å². The molecule has 0 atom stereocenters. The van der Waals surface area contributed by atoms with Gasteiger partial charge in [-0.05, 0) is 50.6 Å². The van der Waals surface area contributed by atoms with E-state index in [1.54, 1.807) is 49.4 Å². The fourth-order valence-corrected chi connectivity index (χ4v) is 5.29. The van der Waals surface area contributed by atoms with Gasteiger partial charge in [-0.15, -0.1) is 0 Å². The summed E-state index contributed by atoms with van der Waals surface area (Å²) in [5.41, 5.74) is 3.52. The zero-order valence-electron chi connectivity index (χ0n) is 15.3. The van der Waals surface area contributed by atoms with Gasteiger partial charge in [0.15, 0.2) is 0 Å². The molecule has 2 heterocycles. The molecule has 0 unspecified atom stereocenters.